The molecule has 2 heterocycles. The van der Waals surface area contributed by atoms with Crippen LogP contribution in [0.5, 0.6) is 0 Å². The molecule has 7 heteroatoms. The van der Waals surface area contributed by atoms with Crippen LogP contribution in [0.15, 0.2) is 12.1 Å². The van der Waals surface area contributed by atoms with Gasteiger partial charge in [-0.15, -0.1) is 10.2 Å². The molecule has 0 atom stereocenters. The molecule has 0 spiro atoms. The summed E-state index contributed by atoms with van der Waals surface area (Å²) < 4.78 is 0. The molecule has 0 unspecified atom stereocenters. The van der Waals surface area contributed by atoms with Crippen molar-refractivity contribution in [2.75, 3.05) is 17.7 Å². The zero-order valence-corrected chi connectivity index (χ0v) is 10.4. The molecule has 7 nitrogen and oxygen atoms in total. The van der Waals surface area contributed by atoms with Crippen LogP contribution in [0.3, 0.4) is 0 Å². The number of aromatic amines is 1. The lowest BCUT2D eigenvalue weighted by molar-refractivity contribution is 0.102. The first-order valence-corrected chi connectivity index (χ1v) is 5.46. The van der Waals surface area contributed by atoms with Gasteiger partial charge in [0.15, 0.2) is 5.69 Å². The molecule has 0 aliphatic rings. The van der Waals surface area contributed by atoms with Crippen LogP contribution in [0.2, 0.25) is 0 Å². The Hall–Kier alpha value is -2.44. The number of aromatic nitrogens is 4. The lowest BCUT2D eigenvalue weighted by Gasteiger charge is -2.04. The Labute approximate surface area is 104 Å². The Balaban J connectivity index is 2.17. The van der Waals surface area contributed by atoms with Crippen molar-refractivity contribution >= 4 is 17.4 Å². The van der Waals surface area contributed by atoms with E-state index in [9.17, 15) is 4.79 Å². The summed E-state index contributed by atoms with van der Waals surface area (Å²) in [6.07, 6.45) is 0. The van der Waals surface area contributed by atoms with Crippen LogP contribution >= 0.6 is 0 Å². The standard InChI is InChI=1S/C11H14N6O/c1-6-10(7(2)15-14-6)13-11(18)8-4-5-9(12-3)17-16-8/h4-5H,1-3H3,(H,12,17)(H,13,18)(H,14,15). The molecule has 0 radical (unpaired) electrons. The van der Waals surface area contributed by atoms with Gasteiger partial charge in [0, 0.05) is 7.05 Å². The molecule has 0 bridgehead atoms. The lowest BCUT2D eigenvalue weighted by atomic mass is 10.3. The minimum Gasteiger partial charge on any atom is -0.372 e. The highest BCUT2D eigenvalue weighted by Gasteiger charge is 2.13. The van der Waals surface area contributed by atoms with Gasteiger partial charge >= 0.3 is 0 Å². The molecule has 2 rings (SSSR count). The number of nitrogens with zero attached hydrogens (tertiary/aromatic N) is 3. The first-order chi connectivity index (χ1) is 8.61. The molecule has 1 amide bonds. The zero-order chi connectivity index (χ0) is 13.1. The third-order valence-corrected chi connectivity index (χ3v) is 2.52. The third-order valence-electron chi connectivity index (χ3n) is 2.52. The van der Waals surface area contributed by atoms with E-state index < -0.39 is 0 Å². The second kappa shape index (κ2) is 4.82. The van der Waals surface area contributed by atoms with E-state index in [0.717, 1.165) is 11.4 Å². The molecule has 3 N–H and O–H groups in total. The number of aryl methyl sites for hydroxylation is 2. The topological polar surface area (TPSA) is 95.6 Å². The van der Waals surface area contributed by atoms with Crippen molar-refractivity contribution < 1.29 is 4.79 Å². The van der Waals surface area contributed by atoms with Crippen LogP contribution in [0.4, 0.5) is 11.5 Å². The Morgan fingerprint density at radius 1 is 1.28 bits per heavy atom. The summed E-state index contributed by atoms with van der Waals surface area (Å²) in [4.78, 5) is 11.9. The fraction of sp³-hybridized carbons (Fsp3) is 0.273. The molecule has 94 valence electrons. The Morgan fingerprint density at radius 3 is 2.56 bits per heavy atom. The van der Waals surface area contributed by atoms with Crippen molar-refractivity contribution in [2.45, 2.75) is 13.8 Å². The highest BCUT2D eigenvalue weighted by Crippen LogP contribution is 2.16. The predicted octanol–water partition coefficient (Wildman–Crippen LogP) is 1.11. The third kappa shape index (κ3) is 2.29. The van der Waals surface area contributed by atoms with E-state index in [1.165, 1.54) is 0 Å². The number of nitrogens with one attached hydrogen (secondary N) is 3. The Bertz CT molecular complexity index is 540. The van der Waals surface area contributed by atoms with Gasteiger partial charge in [0.05, 0.1) is 17.1 Å². The van der Waals surface area contributed by atoms with Gasteiger partial charge in [-0.25, -0.2) is 0 Å². The minimum absolute atomic E-state index is 0.258. The normalized spacial score (nSPS) is 10.2. The maximum atomic E-state index is 11.9. The van der Waals surface area contributed by atoms with Gasteiger partial charge < -0.3 is 10.6 Å². The molecule has 0 aromatic carbocycles. The Morgan fingerprint density at radius 2 is 2.06 bits per heavy atom. The van der Waals surface area contributed by atoms with Crippen LogP contribution in [-0.2, 0) is 0 Å². The van der Waals surface area contributed by atoms with E-state index in [-0.39, 0.29) is 11.6 Å². The van der Waals surface area contributed by atoms with Gasteiger partial charge in [-0.2, -0.15) is 5.10 Å². The van der Waals surface area contributed by atoms with Crippen LogP contribution in [0.1, 0.15) is 21.9 Å². The average Bonchev–Trinajstić information content (AvgIpc) is 2.70. The van der Waals surface area contributed by atoms with Crippen LogP contribution < -0.4 is 10.6 Å². The number of carbonyl (C=O) groups excluding carboxylic acids is 1. The number of carbonyl (C=O) groups is 1. The molecule has 0 saturated carbocycles. The molecule has 18 heavy (non-hydrogen) atoms. The number of rotatable bonds is 3. The summed E-state index contributed by atoms with van der Waals surface area (Å²) in [5.74, 6) is 0.306. The van der Waals surface area contributed by atoms with Crippen LogP contribution in [0.25, 0.3) is 0 Å². The predicted molar refractivity (Wildman–Crippen MR) is 67.6 cm³/mol. The fourth-order valence-corrected chi connectivity index (χ4v) is 1.50. The van der Waals surface area contributed by atoms with Gasteiger partial charge in [0.2, 0.25) is 0 Å². The molecule has 0 fully saturated rings. The average molecular weight is 246 g/mol. The molecule has 2 aromatic heterocycles. The number of hydrogen-bond acceptors (Lipinski definition) is 5. The SMILES string of the molecule is CNc1ccc(C(=O)Nc2c(C)n[nH]c2C)nn1. The first-order valence-electron chi connectivity index (χ1n) is 5.46. The van der Waals surface area contributed by atoms with Crippen molar-refractivity contribution in [3.63, 3.8) is 0 Å². The summed E-state index contributed by atoms with van der Waals surface area (Å²) in [5, 5.41) is 20.1. The van der Waals surface area contributed by atoms with Gasteiger partial charge in [0.25, 0.3) is 5.91 Å². The highest BCUT2D eigenvalue weighted by molar-refractivity contribution is 6.03. The minimum atomic E-state index is -0.308. The highest BCUT2D eigenvalue weighted by atomic mass is 16.1. The monoisotopic (exact) mass is 246 g/mol. The van der Waals surface area contributed by atoms with Crippen molar-refractivity contribution in [2.24, 2.45) is 0 Å². The number of anilines is 2. The summed E-state index contributed by atoms with van der Waals surface area (Å²) in [7, 11) is 1.74. The van der Waals surface area contributed by atoms with E-state index >= 15 is 0 Å². The van der Waals surface area contributed by atoms with E-state index in [2.05, 4.69) is 31.0 Å². The van der Waals surface area contributed by atoms with Crippen LogP contribution in [0, 0.1) is 13.8 Å². The first kappa shape index (κ1) is 12.0. The summed E-state index contributed by atoms with van der Waals surface area (Å²) in [5.41, 5.74) is 2.48. The van der Waals surface area contributed by atoms with Gasteiger partial charge in [-0.3, -0.25) is 9.89 Å². The van der Waals surface area contributed by atoms with E-state index in [1.54, 1.807) is 19.2 Å². The second-order valence-corrected chi connectivity index (χ2v) is 3.82. The van der Waals surface area contributed by atoms with Gasteiger partial charge in [0.1, 0.15) is 5.82 Å². The maximum absolute atomic E-state index is 11.9. The molecule has 0 aliphatic heterocycles. The van der Waals surface area contributed by atoms with Crippen molar-refractivity contribution in [3.8, 4) is 0 Å². The molecular formula is C11H14N6O. The van der Waals surface area contributed by atoms with Crippen molar-refractivity contribution in [3.05, 3.63) is 29.2 Å². The molecule has 0 aliphatic carbocycles. The fourth-order valence-electron chi connectivity index (χ4n) is 1.50. The van der Waals surface area contributed by atoms with E-state index in [1.807, 2.05) is 13.8 Å². The maximum Gasteiger partial charge on any atom is 0.276 e. The van der Waals surface area contributed by atoms with Gasteiger partial charge in [-0.1, -0.05) is 0 Å². The zero-order valence-electron chi connectivity index (χ0n) is 10.4. The molecule has 2 aromatic rings. The molecule has 0 saturated heterocycles. The Kier molecular flexibility index (Phi) is 3.22. The number of hydrogen-bond donors (Lipinski definition) is 3. The summed E-state index contributed by atoms with van der Waals surface area (Å²) in [6.45, 7) is 3.65. The van der Waals surface area contributed by atoms with E-state index in [4.69, 9.17) is 0 Å². The molecular weight excluding hydrogens is 232 g/mol. The quantitative estimate of drug-likeness (QED) is 0.754. The largest absolute Gasteiger partial charge is 0.372 e. The number of H-pyrrole nitrogens is 1. The van der Waals surface area contributed by atoms with Crippen LogP contribution in [-0.4, -0.2) is 33.3 Å². The van der Waals surface area contributed by atoms with E-state index in [0.29, 0.717) is 11.5 Å². The lowest BCUT2D eigenvalue weighted by Crippen LogP contribution is -2.15. The van der Waals surface area contributed by atoms with Crippen molar-refractivity contribution in [1.29, 1.82) is 0 Å². The number of amides is 1. The van der Waals surface area contributed by atoms with Gasteiger partial charge in [-0.05, 0) is 26.0 Å². The second-order valence-electron chi connectivity index (χ2n) is 3.82. The summed E-state index contributed by atoms with van der Waals surface area (Å²) >= 11 is 0. The smallest absolute Gasteiger partial charge is 0.276 e. The van der Waals surface area contributed by atoms with Crippen molar-refractivity contribution in [1.82, 2.24) is 20.4 Å². The summed E-state index contributed by atoms with van der Waals surface area (Å²) in [6, 6.07) is 3.30.